The molecule has 11 heavy (non-hydrogen) atoms. The van der Waals surface area contributed by atoms with Crippen molar-refractivity contribution in [2.24, 2.45) is 0 Å². The van der Waals surface area contributed by atoms with Gasteiger partial charge in [0.05, 0.1) is 30.0 Å². The van der Waals surface area contributed by atoms with E-state index in [0.29, 0.717) is 6.61 Å². The van der Waals surface area contributed by atoms with Crippen molar-refractivity contribution in [2.45, 2.75) is 6.61 Å². The highest BCUT2D eigenvalue weighted by atomic mass is 79.9. The van der Waals surface area contributed by atoms with E-state index < -0.39 is 0 Å². The third kappa shape index (κ3) is 2.52. The van der Waals surface area contributed by atoms with Crippen LogP contribution in [0.15, 0.2) is 24.3 Å². The Kier molecular flexibility index (Phi) is 3.39. The molecule has 3 heteroatoms. The largest absolute Gasteiger partial charge is 0.497 e. The van der Waals surface area contributed by atoms with E-state index >= 15 is 0 Å². The molecule has 0 spiro atoms. The summed E-state index contributed by atoms with van der Waals surface area (Å²) in [6.45, 7) is 0.573. The molecular weight excluding hydrogens is 208 g/mol. The van der Waals surface area contributed by atoms with Crippen LogP contribution in [0.5, 0.6) is 5.75 Å². The van der Waals surface area contributed by atoms with E-state index in [2.05, 4.69) is 16.3 Å². The molecule has 1 rings (SSSR count). The topological polar surface area (TPSA) is 18.5 Å². The molecule has 0 aliphatic rings. The van der Waals surface area contributed by atoms with Gasteiger partial charge in [-0.05, 0) is 17.7 Å². The highest BCUT2D eigenvalue weighted by molar-refractivity contribution is 9.06. The SMILES string of the molecule is COc1ccc(COBr)cc1. The van der Waals surface area contributed by atoms with Gasteiger partial charge >= 0.3 is 0 Å². The highest BCUT2D eigenvalue weighted by Gasteiger charge is 1.92. The first-order valence-electron chi connectivity index (χ1n) is 3.23. The zero-order valence-corrected chi connectivity index (χ0v) is 7.80. The lowest BCUT2D eigenvalue weighted by molar-refractivity contribution is 0.385. The zero-order valence-electron chi connectivity index (χ0n) is 6.21. The fraction of sp³-hybridized carbons (Fsp3) is 0.250. The van der Waals surface area contributed by atoms with Crippen molar-refractivity contribution >= 4 is 16.3 Å². The molecule has 0 heterocycles. The molecule has 60 valence electrons. The summed E-state index contributed by atoms with van der Waals surface area (Å²) in [6, 6.07) is 7.73. The smallest absolute Gasteiger partial charge is 0.118 e. The fourth-order valence-corrected chi connectivity index (χ4v) is 1.05. The van der Waals surface area contributed by atoms with E-state index in [-0.39, 0.29) is 0 Å². The molecule has 0 bridgehead atoms. The Labute approximate surface area is 74.6 Å². The maximum Gasteiger partial charge on any atom is 0.118 e. The Hall–Kier alpha value is -0.540. The summed E-state index contributed by atoms with van der Waals surface area (Å²) in [7, 11) is 1.65. The van der Waals surface area contributed by atoms with Gasteiger partial charge in [-0.3, -0.25) is 0 Å². The molecule has 0 aromatic heterocycles. The van der Waals surface area contributed by atoms with Gasteiger partial charge in [0.2, 0.25) is 0 Å². The van der Waals surface area contributed by atoms with E-state index in [1.807, 2.05) is 24.3 Å². The van der Waals surface area contributed by atoms with Gasteiger partial charge in [-0.2, -0.15) is 0 Å². The minimum atomic E-state index is 0.573. The summed E-state index contributed by atoms with van der Waals surface area (Å²) >= 11 is 2.89. The van der Waals surface area contributed by atoms with Crippen molar-refractivity contribution in [1.29, 1.82) is 0 Å². The Morgan fingerprint density at radius 1 is 1.27 bits per heavy atom. The normalized spacial score (nSPS) is 9.64. The van der Waals surface area contributed by atoms with E-state index in [0.717, 1.165) is 11.3 Å². The molecule has 0 aliphatic carbocycles. The Bertz CT molecular complexity index is 208. The van der Waals surface area contributed by atoms with Crippen LogP contribution in [-0.2, 0) is 10.4 Å². The second kappa shape index (κ2) is 4.36. The molecular formula is C8H9BrO2. The van der Waals surface area contributed by atoms with E-state index in [9.17, 15) is 0 Å². The molecule has 2 nitrogen and oxygen atoms in total. The number of methoxy groups -OCH3 is 1. The number of hydrogen-bond acceptors (Lipinski definition) is 2. The monoisotopic (exact) mass is 216 g/mol. The quantitative estimate of drug-likeness (QED) is 0.774. The van der Waals surface area contributed by atoms with Gasteiger partial charge in [-0.25, -0.2) is 0 Å². The van der Waals surface area contributed by atoms with E-state index in [4.69, 9.17) is 8.57 Å². The average Bonchev–Trinajstić information content (AvgIpc) is 2.07. The Morgan fingerprint density at radius 3 is 2.36 bits per heavy atom. The third-order valence-electron chi connectivity index (χ3n) is 1.38. The van der Waals surface area contributed by atoms with Crippen molar-refractivity contribution in [3.8, 4) is 5.75 Å². The lowest BCUT2D eigenvalue weighted by Crippen LogP contribution is -1.85. The van der Waals surface area contributed by atoms with Gasteiger partial charge in [0, 0.05) is 0 Å². The van der Waals surface area contributed by atoms with Crippen LogP contribution in [0.4, 0.5) is 0 Å². The molecule has 0 radical (unpaired) electrons. The first-order valence-corrected chi connectivity index (χ1v) is 3.88. The molecule has 0 fully saturated rings. The number of ether oxygens (including phenoxy) is 1. The Morgan fingerprint density at radius 2 is 1.91 bits per heavy atom. The first-order chi connectivity index (χ1) is 5.36. The van der Waals surface area contributed by atoms with Crippen molar-refractivity contribution < 1.29 is 8.57 Å². The Balaban J connectivity index is 2.66. The average molecular weight is 217 g/mol. The molecule has 0 N–H and O–H groups in total. The van der Waals surface area contributed by atoms with Gasteiger partial charge in [0.1, 0.15) is 5.75 Å². The van der Waals surface area contributed by atoms with Crippen LogP contribution in [0.25, 0.3) is 0 Å². The zero-order chi connectivity index (χ0) is 8.10. The summed E-state index contributed by atoms with van der Waals surface area (Å²) in [5.41, 5.74) is 1.11. The minimum Gasteiger partial charge on any atom is -0.497 e. The fourth-order valence-electron chi connectivity index (χ4n) is 0.785. The second-order valence-electron chi connectivity index (χ2n) is 2.10. The number of halogens is 1. The van der Waals surface area contributed by atoms with Gasteiger partial charge in [0.25, 0.3) is 0 Å². The summed E-state index contributed by atoms with van der Waals surface area (Å²) in [5, 5.41) is 0. The molecule has 0 amide bonds. The number of rotatable bonds is 3. The number of hydrogen-bond donors (Lipinski definition) is 0. The van der Waals surface area contributed by atoms with Crippen LogP contribution >= 0.6 is 16.3 Å². The molecule has 1 aromatic carbocycles. The summed E-state index contributed by atoms with van der Waals surface area (Å²) in [5.74, 6) is 0.864. The molecule has 0 aliphatic heterocycles. The van der Waals surface area contributed by atoms with Gasteiger partial charge < -0.3 is 8.57 Å². The predicted octanol–water partition coefficient (Wildman–Crippen LogP) is 2.52. The first kappa shape index (κ1) is 8.56. The maximum atomic E-state index is 4.99. The van der Waals surface area contributed by atoms with Crippen LogP contribution in [0, 0.1) is 0 Å². The number of benzene rings is 1. The highest BCUT2D eigenvalue weighted by Crippen LogP contribution is 2.12. The molecule has 1 aromatic rings. The standard InChI is InChI=1S/C8H9BrO2/c1-10-8-4-2-7(3-5-8)6-11-9/h2-5H,6H2,1H3. The lowest BCUT2D eigenvalue weighted by Gasteiger charge is -2.00. The summed E-state index contributed by atoms with van der Waals surface area (Å²) in [6.07, 6.45) is 0. The van der Waals surface area contributed by atoms with Crippen LogP contribution in [0.1, 0.15) is 5.56 Å². The maximum absolute atomic E-state index is 4.99. The molecule has 0 saturated carbocycles. The predicted molar refractivity (Wildman–Crippen MR) is 46.7 cm³/mol. The minimum absolute atomic E-state index is 0.573. The van der Waals surface area contributed by atoms with Crippen LogP contribution in [0.2, 0.25) is 0 Å². The third-order valence-corrected chi connectivity index (χ3v) is 1.61. The van der Waals surface area contributed by atoms with Crippen LogP contribution in [-0.4, -0.2) is 7.11 Å². The van der Waals surface area contributed by atoms with E-state index in [1.165, 1.54) is 0 Å². The van der Waals surface area contributed by atoms with Gasteiger partial charge in [-0.15, -0.1) is 0 Å². The lowest BCUT2D eigenvalue weighted by atomic mass is 10.2. The van der Waals surface area contributed by atoms with Gasteiger partial charge in [-0.1, -0.05) is 12.1 Å². The van der Waals surface area contributed by atoms with Crippen LogP contribution < -0.4 is 4.74 Å². The van der Waals surface area contributed by atoms with E-state index in [1.54, 1.807) is 7.11 Å². The van der Waals surface area contributed by atoms with Crippen LogP contribution in [0.3, 0.4) is 0 Å². The molecule has 0 atom stereocenters. The van der Waals surface area contributed by atoms with Crippen molar-refractivity contribution in [3.63, 3.8) is 0 Å². The van der Waals surface area contributed by atoms with Crippen molar-refractivity contribution in [3.05, 3.63) is 29.8 Å². The van der Waals surface area contributed by atoms with Gasteiger partial charge in [0.15, 0.2) is 0 Å². The molecule has 0 unspecified atom stereocenters. The second-order valence-corrected chi connectivity index (χ2v) is 2.56. The molecule has 0 saturated heterocycles. The summed E-state index contributed by atoms with van der Waals surface area (Å²) < 4.78 is 9.77. The van der Waals surface area contributed by atoms with Crippen molar-refractivity contribution in [2.75, 3.05) is 7.11 Å². The summed E-state index contributed by atoms with van der Waals surface area (Å²) in [4.78, 5) is 0. The van der Waals surface area contributed by atoms with Crippen molar-refractivity contribution in [1.82, 2.24) is 0 Å².